The summed E-state index contributed by atoms with van der Waals surface area (Å²) in [5, 5.41) is 0. The van der Waals surface area contributed by atoms with Gasteiger partial charge in [-0.05, 0) is 54.5 Å². The third kappa shape index (κ3) is 3.61. The van der Waals surface area contributed by atoms with Crippen LogP contribution in [0.5, 0.6) is 5.75 Å². The second-order valence-electron chi connectivity index (χ2n) is 7.53. The van der Waals surface area contributed by atoms with Gasteiger partial charge in [0.05, 0.1) is 0 Å². The second-order valence-corrected chi connectivity index (χ2v) is 7.53. The Morgan fingerprint density at radius 1 is 1.04 bits per heavy atom. The van der Waals surface area contributed by atoms with Gasteiger partial charge < -0.3 is 15.4 Å². The summed E-state index contributed by atoms with van der Waals surface area (Å²) < 4.78 is 5.80. The van der Waals surface area contributed by atoms with Gasteiger partial charge >= 0.3 is 0 Å². The molecule has 2 aliphatic rings. The van der Waals surface area contributed by atoms with Crippen LogP contribution in [0, 0.1) is 11.8 Å². The van der Waals surface area contributed by atoms with Crippen molar-refractivity contribution < 1.29 is 9.53 Å². The highest BCUT2D eigenvalue weighted by molar-refractivity contribution is 5.94. The number of likely N-dealkylation sites (tertiary alicyclic amines) is 1. The van der Waals surface area contributed by atoms with Gasteiger partial charge in [0.1, 0.15) is 12.4 Å². The van der Waals surface area contributed by atoms with Crippen LogP contribution in [0.1, 0.15) is 35.2 Å². The predicted octanol–water partition coefficient (Wildman–Crippen LogP) is 3.47. The minimum Gasteiger partial charge on any atom is -0.489 e. The van der Waals surface area contributed by atoms with Gasteiger partial charge in [-0.15, -0.1) is 0 Å². The Balaban J connectivity index is 1.37. The molecular formula is C22H26N2O2. The number of benzene rings is 2. The van der Waals surface area contributed by atoms with Crippen molar-refractivity contribution in [3.63, 3.8) is 0 Å². The first kappa shape index (κ1) is 17.1. The molecule has 3 atom stereocenters. The lowest BCUT2D eigenvalue weighted by Gasteiger charge is -2.29. The quantitative estimate of drug-likeness (QED) is 0.919. The number of amides is 1. The molecule has 4 rings (SSSR count). The van der Waals surface area contributed by atoms with Crippen molar-refractivity contribution >= 4 is 5.91 Å². The van der Waals surface area contributed by atoms with E-state index in [0.29, 0.717) is 18.4 Å². The van der Waals surface area contributed by atoms with Crippen molar-refractivity contribution in [2.45, 2.75) is 31.9 Å². The monoisotopic (exact) mass is 350 g/mol. The highest BCUT2D eigenvalue weighted by Crippen LogP contribution is 2.36. The summed E-state index contributed by atoms with van der Waals surface area (Å²) in [4.78, 5) is 14.8. The molecule has 1 heterocycles. The van der Waals surface area contributed by atoms with E-state index >= 15 is 0 Å². The topological polar surface area (TPSA) is 55.6 Å². The summed E-state index contributed by atoms with van der Waals surface area (Å²) >= 11 is 0. The van der Waals surface area contributed by atoms with Crippen molar-refractivity contribution in [3.8, 4) is 5.75 Å². The van der Waals surface area contributed by atoms with Gasteiger partial charge in [0.2, 0.25) is 0 Å². The molecule has 0 spiro atoms. The maximum absolute atomic E-state index is 12.8. The number of carbonyl (C=O) groups excluding carboxylic acids is 1. The van der Waals surface area contributed by atoms with E-state index in [-0.39, 0.29) is 11.9 Å². The van der Waals surface area contributed by atoms with Crippen LogP contribution in [0.15, 0.2) is 54.6 Å². The minimum absolute atomic E-state index is 0.112. The molecule has 2 N–H and O–H groups in total. The summed E-state index contributed by atoms with van der Waals surface area (Å²) in [7, 11) is 0. The zero-order valence-corrected chi connectivity index (χ0v) is 15.0. The summed E-state index contributed by atoms with van der Waals surface area (Å²) in [6.45, 7) is 2.18. The van der Waals surface area contributed by atoms with Crippen LogP contribution >= 0.6 is 0 Å². The van der Waals surface area contributed by atoms with Gasteiger partial charge in [0.15, 0.2) is 0 Å². The third-order valence-corrected chi connectivity index (χ3v) is 5.79. The molecule has 3 unspecified atom stereocenters. The molecule has 1 saturated heterocycles. The average molecular weight is 350 g/mol. The molecule has 2 fully saturated rings. The van der Waals surface area contributed by atoms with Gasteiger partial charge in [0, 0.05) is 24.7 Å². The average Bonchev–Trinajstić information content (AvgIpc) is 3.13. The van der Waals surface area contributed by atoms with Crippen molar-refractivity contribution in [1.82, 2.24) is 4.90 Å². The van der Waals surface area contributed by atoms with Crippen LogP contribution in [0.4, 0.5) is 0 Å². The Kier molecular flexibility index (Phi) is 4.93. The molecule has 0 aromatic heterocycles. The Morgan fingerprint density at radius 2 is 1.81 bits per heavy atom. The normalized spacial score (nSPS) is 25.0. The summed E-state index contributed by atoms with van der Waals surface area (Å²) in [6.07, 6.45) is 3.49. The van der Waals surface area contributed by atoms with Gasteiger partial charge in [-0.25, -0.2) is 0 Å². The number of fused-ring (bicyclic) bond motifs is 1. The molecule has 0 radical (unpaired) electrons. The fourth-order valence-corrected chi connectivity index (χ4v) is 4.30. The summed E-state index contributed by atoms with van der Waals surface area (Å²) in [5.74, 6) is 1.95. The van der Waals surface area contributed by atoms with Gasteiger partial charge in [0.25, 0.3) is 5.91 Å². The van der Waals surface area contributed by atoms with Crippen molar-refractivity contribution in [2.75, 3.05) is 13.1 Å². The Bertz CT molecular complexity index is 744. The maximum atomic E-state index is 12.8. The number of ether oxygens (including phenoxy) is 1. The zero-order valence-electron chi connectivity index (χ0n) is 15.0. The first-order valence-corrected chi connectivity index (χ1v) is 9.52. The molecule has 4 nitrogen and oxygen atoms in total. The van der Waals surface area contributed by atoms with E-state index in [0.717, 1.165) is 36.4 Å². The van der Waals surface area contributed by atoms with Crippen molar-refractivity contribution in [2.24, 2.45) is 17.6 Å². The molecule has 1 aliphatic heterocycles. The number of nitrogens with zero attached hydrogens (tertiary/aromatic N) is 1. The molecular weight excluding hydrogens is 324 g/mol. The Labute approximate surface area is 155 Å². The van der Waals surface area contributed by atoms with E-state index in [4.69, 9.17) is 10.5 Å². The number of nitrogens with two attached hydrogens (primary N) is 1. The third-order valence-electron chi connectivity index (χ3n) is 5.79. The van der Waals surface area contributed by atoms with Crippen molar-refractivity contribution in [1.29, 1.82) is 0 Å². The van der Waals surface area contributed by atoms with E-state index in [9.17, 15) is 4.79 Å². The lowest BCUT2D eigenvalue weighted by atomic mass is 9.78. The maximum Gasteiger partial charge on any atom is 0.253 e. The van der Waals surface area contributed by atoms with E-state index in [2.05, 4.69) is 0 Å². The molecule has 1 aliphatic carbocycles. The summed E-state index contributed by atoms with van der Waals surface area (Å²) in [6, 6.07) is 17.8. The minimum atomic E-state index is 0.112. The fraction of sp³-hybridized carbons (Fsp3) is 0.409. The first-order valence-electron chi connectivity index (χ1n) is 9.52. The van der Waals surface area contributed by atoms with Crippen molar-refractivity contribution in [3.05, 3.63) is 65.7 Å². The molecule has 1 amide bonds. The van der Waals surface area contributed by atoms with Crippen LogP contribution < -0.4 is 10.5 Å². The van der Waals surface area contributed by atoms with Gasteiger partial charge in [-0.3, -0.25) is 4.79 Å². The van der Waals surface area contributed by atoms with Crippen LogP contribution in [-0.2, 0) is 6.61 Å². The SMILES string of the molecule is NC1CCCC2CN(C(=O)c3ccc(OCc4ccccc4)cc3)CC12. The molecule has 136 valence electrons. The molecule has 2 aromatic rings. The number of rotatable bonds is 4. The molecule has 4 heteroatoms. The lowest BCUT2D eigenvalue weighted by molar-refractivity contribution is 0.0783. The number of hydrogen-bond acceptors (Lipinski definition) is 3. The lowest BCUT2D eigenvalue weighted by Crippen LogP contribution is -2.38. The van der Waals surface area contributed by atoms with Gasteiger partial charge in [-0.2, -0.15) is 0 Å². The molecule has 0 bridgehead atoms. The molecule has 26 heavy (non-hydrogen) atoms. The van der Waals surface area contributed by atoms with Crippen LogP contribution in [0.25, 0.3) is 0 Å². The summed E-state index contributed by atoms with van der Waals surface area (Å²) in [5.41, 5.74) is 8.12. The van der Waals surface area contributed by atoms with E-state index in [1.54, 1.807) is 0 Å². The zero-order chi connectivity index (χ0) is 17.9. The highest BCUT2D eigenvalue weighted by atomic mass is 16.5. The standard InChI is InChI=1S/C22H26N2O2/c23-21-8-4-7-18-13-24(14-20(18)21)22(25)17-9-11-19(12-10-17)26-15-16-5-2-1-3-6-16/h1-3,5-6,9-12,18,20-21H,4,7-8,13-15,23H2. The largest absolute Gasteiger partial charge is 0.489 e. The number of carbonyl (C=O) groups is 1. The molecule has 1 saturated carbocycles. The van der Waals surface area contributed by atoms with E-state index in [1.807, 2.05) is 59.5 Å². The van der Waals surface area contributed by atoms with E-state index in [1.165, 1.54) is 12.8 Å². The second kappa shape index (κ2) is 7.50. The van der Waals surface area contributed by atoms with E-state index < -0.39 is 0 Å². The smallest absolute Gasteiger partial charge is 0.253 e. The molecule has 2 aromatic carbocycles. The van der Waals surface area contributed by atoms with Gasteiger partial charge in [-0.1, -0.05) is 36.8 Å². The Morgan fingerprint density at radius 3 is 2.54 bits per heavy atom. The van der Waals surface area contributed by atoms with Crippen LogP contribution in [0.3, 0.4) is 0 Å². The fourth-order valence-electron chi connectivity index (χ4n) is 4.30. The number of hydrogen-bond donors (Lipinski definition) is 1. The Hall–Kier alpha value is -2.33. The first-order chi connectivity index (χ1) is 12.7. The highest BCUT2D eigenvalue weighted by Gasteiger charge is 2.40. The van der Waals surface area contributed by atoms with Crippen LogP contribution in [0.2, 0.25) is 0 Å². The predicted molar refractivity (Wildman–Crippen MR) is 102 cm³/mol. The van der Waals surface area contributed by atoms with Crippen LogP contribution in [-0.4, -0.2) is 29.9 Å².